The number of hydrogen-bond acceptors (Lipinski definition) is 5. The standard InChI is InChI=1S/C19H29N3O3S2/c1-4-21(5-2)27(23,24)16-10-11-18-17(13-16)20-19(22(18)6-3)26-14-15-9-7-8-12-25-15/h10-11,13,15H,4-9,12,14H2,1-3H3/t15-/m1/s1. The van der Waals surface area contributed by atoms with Crippen molar-refractivity contribution in [3.05, 3.63) is 18.2 Å². The molecule has 0 aliphatic carbocycles. The Labute approximate surface area is 166 Å². The number of hydrogen-bond donors (Lipinski definition) is 0. The van der Waals surface area contributed by atoms with E-state index >= 15 is 0 Å². The number of benzene rings is 1. The lowest BCUT2D eigenvalue weighted by atomic mass is 10.1. The van der Waals surface area contributed by atoms with Crippen LogP contribution in [0.4, 0.5) is 0 Å². The molecular formula is C19H29N3O3S2. The topological polar surface area (TPSA) is 64.4 Å². The van der Waals surface area contributed by atoms with Crippen LogP contribution in [0.5, 0.6) is 0 Å². The van der Waals surface area contributed by atoms with Gasteiger partial charge < -0.3 is 9.30 Å². The largest absolute Gasteiger partial charge is 0.377 e. The first-order valence-electron chi connectivity index (χ1n) is 9.76. The van der Waals surface area contributed by atoms with Crippen LogP contribution >= 0.6 is 11.8 Å². The average molecular weight is 412 g/mol. The molecule has 0 radical (unpaired) electrons. The molecule has 3 rings (SSSR count). The molecule has 8 heteroatoms. The zero-order valence-corrected chi connectivity index (χ0v) is 18.0. The third kappa shape index (κ3) is 4.34. The number of nitrogens with zero attached hydrogens (tertiary/aromatic N) is 3. The Morgan fingerprint density at radius 2 is 2.04 bits per heavy atom. The van der Waals surface area contributed by atoms with Crippen molar-refractivity contribution in [1.29, 1.82) is 0 Å². The normalized spacial score (nSPS) is 18.4. The summed E-state index contributed by atoms with van der Waals surface area (Å²) >= 11 is 1.70. The Morgan fingerprint density at radius 3 is 2.67 bits per heavy atom. The minimum Gasteiger partial charge on any atom is -0.377 e. The van der Waals surface area contributed by atoms with Crippen LogP contribution in [-0.4, -0.2) is 53.8 Å². The highest BCUT2D eigenvalue weighted by Gasteiger charge is 2.23. The molecule has 1 aliphatic heterocycles. The molecule has 6 nitrogen and oxygen atoms in total. The van der Waals surface area contributed by atoms with E-state index in [9.17, 15) is 8.42 Å². The zero-order valence-electron chi connectivity index (χ0n) is 16.3. The van der Waals surface area contributed by atoms with Gasteiger partial charge in [-0.15, -0.1) is 0 Å². The molecule has 1 atom stereocenters. The molecule has 2 aromatic rings. The van der Waals surface area contributed by atoms with Gasteiger partial charge in [0.05, 0.1) is 22.0 Å². The fourth-order valence-corrected chi connectivity index (χ4v) is 6.11. The molecule has 1 fully saturated rings. The number of aromatic nitrogens is 2. The molecule has 0 spiro atoms. The monoisotopic (exact) mass is 411 g/mol. The fraction of sp³-hybridized carbons (Fsp3) is 0.632. The summed E-state index contributed by atoms with van der Waals surface area (Å²) < 4.78 is 35.0. The molecule has 0 amide bonds. The lowest BCUT2D eigenvalue weighted by Gasteiger charge is -2.21. The van der Waals surface area contributed by atoms with Gasteiger partial charge in [0.25, 0.3) is 0 Å². The van der Waals surface area contributed by atoms with Crippen molar-refractivity contribution in [2.24, 2.45) is 0 Å². The maximum Gasteiger partial charge on any atom is 0.243 e. The number of thioether (sulfide) groups is 1. The van der Waals surface area contributed by atoms with Crippen molar-refractivity contribution >= 4 is 32.8 Å². The second-order valence-corrected chi connectivity index (χ2v) is 9.60. The SMILES string of the molecule is CCN(CC)S(=O)(=O)c1ccc2c(c1)nc(SC[C@H]1CCCCO1)n2CC. The minimum atomic E-state index is -3.48. The number of imidazole rings is 1. The Balaban J connectivity index is 1.88. The van der Waals surface area contributed by atoms with Crippen molar-refractivity contribution in [1.82, 2.24) is 13.9 Å². The number of fused-ring (bicyclic) bond motifs is 1. The minimum absolute atomic E-state index is 0.285. The average Bonchev–Trinajstić information content (AvgIpc) is 3.04. The summed E-state index contributed by atoms with van der Waals surface area (Å²) in [5.74, 6) is 0.883. The van der Waals surface area contributed by atoms with E-state index in [0.717, 1.165) is 47.9 Å². The second kappa shape index (κ2) is 8.94. The lowest BCUT2D eigenvalue weighted by Crippen LogP contribution is -2.30. The van der Waals surface area contributed by atoms with Crippen molar-refractivity contribution in [3.8, 4) is 0 Å². The van der Waals surface area contributed by atoms with Crippen LogP contribution < -0.4 is 0 Å². The summed E-state index contributed by atoms with van der Waals surface area (Å²) in [5, 5.41) is 0.930. The van der Waals surface area contributed by atoms with Crippen LogP contribution in [0.25, 0.3) is 11.0 Å². The van der Waals surface area contributed by atoms with Crippen LogP contribution in [0.3, 0.4) is 0 Å². The molecular weight excluding hydrogens is 382 g/mol. The number of rotatable bonds is 8. The highest BCUT2D eigenvalue weighted by molar-refractivity contribution is 7.99. The van der Waals surface area contributed by atoms with E-state index in [-0.39, 0.29) is 6.10 Å². The highest BCUT2D eigenvalue weighted by Crippen LogP contribution is 2.29. The predicted octanol–water partition coefficient (Wildman–Crippen LogP) is 3.75. The first-order valence-corrected chi connectivity index (χ1v) is 12.2. The summed E-state index contributed by atoms with van der Waals surface area (Å²) in [7, 11) is -3.48. The second-order valence-electron chi connectivity index (χ2n) is 6.68. The lowest BCUT2D eigenvalue weighted by molar-refractivity contribution is 0.0315. The van der Waals surface area contributed by atoms with Gasteiger partial charge in [-0.25, -0.2) is 13.4 Å². The summed E-state index contributed by atoms with van der Waals surface area (Å²) in [4.78, 5) is 5.05. The molecule has 0 bridgehead atoms. The van der Waals surface area contributed by atoms with E-state index in [0.29, 0.717) is 18.0 Å². The van der Waals surface area contributed by atoms with Crippen molar-refractivity contribution in [2.45, 2.75) is 62.7 Å². The third-order valence-corrected chi connectivity index (χ3v) is 8.17. The van der Waals surface area contributed by atoms with E-state index in [2.05, 4.69) is 11.5 Å². The van der Waals surface area contributed by atoms with Gasteiger partial charge in [0.15, 0.2) is 5.16 Å². The van der Waals surface area contributed by atoms with Gasteiger partial charge in [0.1, 0.15) is 0 Å². The van der Waals surface area contributed by atoms with Gasteiger partial charge >= 0.3 is 0 Å². The van der Waals surface area contributed by atoms with Gasteiger partial charge in [0, 0.05) is 32.0 Å². The Hall–Kier alpha value is -1.09. The molecule has 0 saturated carbocycles. The van der Waals surface area contributed by atoms with Crippen LogP contribution in [-0.2, 0) is 21.3 Å². The van der Waals surface area contributed by atoms with Crippen LogP contribution in [0.2, 0.25) is 0 Å². The predicted molar refractivity (Wildman–Crippen MR) is 110 cm³/mol. The summed E-state index contributed by atoms with van der Waals surface area (Å²) in [6.45, 7) is 8.36. The fourth-order valence-electron chi connectivity index (χ4n) is 3.48. The molecule has 1 aromatic carbocycles. The van der Waals surface area contributed by atoms with E-state index in [1.165, 1.54) is 10.7 Å². The first-order chi connectivity index (χ1) is 13.0. The molecule has 0 N–H and O–H groups in total. The van der Waals surface area contributed by atoms with Gasteiger partial charge in [-0.3, -0.25) is 0 Å². The van der Waals surface area contributed by atoms with Crippen LogP contribution in [0.15, 0.2) is 28.3 Å². The van der Waals surface area contributed by atoms with Crippen molar-refractivity contribution in [3.63, 3.8) is 0 Å². The summed E-state index contributed by atoms with van der Waals surface area (Å²) in [6, 6.07) is 5.28. The number of ether oxygens (including phenoxy) is 1. The third-order valence-electron chi connectivity index (χ3n) is 5.02. The Bertz CT molecular complexity index is 870. The summed E-state index contributed by atoms with van der Waals surface area (Å²) in [5.41, 5.74) is 1.71. The molecule has 0 unspecified atom stereocenters. The highest BCUT2D eigenvalue weighted by atomic mass is 32.2. The van der Waals surface area contributed by atoms with Gasteiger partial charge in [0.2, 0.25) is 10.0 Å². The van der Waals surface area contributed by atoms with Gasteiger partial charge in [-0.1, -0.05) is 25.6 Å². The molecule has 1 aliphatic rings. The quantitative estimate of drug-likeness (QED) is 0.619. The van der Waals surface area contributed by atoms with Gasteiger partial charge in [-0.2, -0.15) is 4.31 Å². The van der Waals surface area contributed by atoms with E-state index in [1.807, 2.05) is 19.9 Å². The van der Waals surface area contributed by atoms with Crippen LogP contribution in [0.1, 0.15) is 40.0 Å². The Kier molecular flexibility index (Phi) is 6.83. The van der Waals surface area contributed by atoms with Crippen LogP contribution in [0, 0.1) is 0 Å². The maximum atomic E-state index is 12.8. The first kappa shape index (κ1) is 20.6. The maximum absolute atomic E-state index is 12.8. The molecule has 1 aromatic heterocycles. The smallest absolute Gasteiger partial charge is 0.243 e. The van der Waals surface area contributed by atoms with Gasteiger partial charge in [-0.05, 0) is 44.4 Å². The van der Waals surface area contributed by atoms with Crippen molar-refractivity contribution < 1.29 is 13.2 Å². The molecule has 1 saturated heterocycles. The van der Waals surface area contributed by atoms with E-state index in [1.54, 1.807) is 23.9 Å². The molecule has 150 valence electrons. The van der Waals surface area contributed by atoms with Crippen molar-refractivity contribution in [2.75, 3.05) is 25.4 Å². The van der Waals surface area contributed by atoms with E-state index < -0.39 is 10.0 Å². The number of sulfonamides is 1. The zero-order chi connectivity index (χ0) is 19.4. The van der Waals surface area contributed by atoms with E-state index in [4.69, 9.17) is 9.72 Å². The summed E-state index contributed by atoms with van der Waals surface area (Å²) in [6.07, 6.45) is 3.76. The molecule has 27 heavy (non-hydrogen) atoms. The Morgan fingerprint density at radius 1 is 1.26 bits per heavy atom. The number of aryl methyl sites for hydroxylation is 1. The molecule has 2 heterocycles.